The van der Waals surface area contributed by atoms with E-state index < -0.39 is 29.7 Å². The summed E-state index contributed by atoms with van der Waals surface area (Å²) in [6.07, 6.45) is 0.694. The quantitative estimate of drug-likeness (QED) is 0.331. The molecule has 7 nitrogen and oxygen atoms in total. The minimum atomic E-state index is -1.29. The van der Waals surface area contributed by atoms with Gasteiger partial charge in [0.05, 0.1) is 6.04 Å². The summed E-state index contributed by atoms with van der Waals surface area (Å²) in [6.45, 7) is 4.17. The molecular formula is C30H30F2N2O5. The Morgan fingerprint density at radius 1 is 1.00 bits per heavy atom. The van der Waals surface area contributed by atoms with Gasteiger partial charge in [-0.2, -0.15) is 0 Å². The van der Waals surface area contributed by atoms with Crippen molar-refractivity contribution in [3.63, 3.8) is 0 Å². The minimum absolute atomic E-state index is 0.00761. The van der Waals surface area contributed by atoms with Crippen LogP contribution >= 0.6 is 0 Å². The zero-order valence-corrected chi connectivity index (χ0v) is 21.6. The summed E-state index contributed by atoms with van der Waals surface area (Å²) >= 11 is 0. The van der Waals surface area contributed by atoms with Crippen molar-refractivity contribution in [3.05, 3.63) is 82.9 Å². The molecule has 9 heteroatoms. The SMILES string of the molecule is Cc1cc(F)ccc1-c1ccc(C(=O)C(=O)NC(CN2CCCC2)C(O)c2cc(F)c3c(c2)OCCO3)cc1. The first kappa shape index (κ1) is 26.8. The number of aliphatic hydroxyl groups is 1. The zero-order chi connectivity index (χ0) is 27.5. The van der Waals surface area contributed by atoms with E-state index in [-0.39, 0.29) is 41.7 Å². The molecule has 2 unspecified atom stereocenters. The minimum Gasteiger partial charge on any atom is -0.486 e. The molecule has 0 aliphatic carbocycles. The van der Waals surface area contributed by atoms with Crippen LogP contribution in [0.2, 0.25) is 0 Å². The normalized spacial score (nSPS) is 16.5. The van der Waals surface area contributed by atoms with Crippen molar-refractivity contribution in [2.75, 3.05) is 32.8 Å². The number of aliphatic hydroxyl groups excluding tert-OH is 1. The molecule has 0 saturated carbocycles. The van der Waals surface area contributed by atoms with Crippen molar-refractivity contribution in [2.24, 2.45) is 0 Å². The number of ether oxygens (including phenoxy) is 2. The van der Waals surface area contributed by atoms with E-state index in [2.05, 4.69) is 10.2 Å². The van der Waals surface area contributed by atoms with Crippen molar-refractivity contribution in [3.8, 4) is 22.6 Å². The van der Waals surface area contributed by atoms with Gasteiger partial charge in [-0.1, -0.05) is 30.3 Å². The molecule has 2 aliphatic rings. The van der Waals surface area contributed by atoms with Crippen LogP contribution in [0.5, 0.6) is 11.5 Å². The molecule has 39 heavy (non-hydrogen) atoms. The fraction of sp³-hybridized carbons (Fsp3) is 0.333. The van der Waals surface area contributed by atoms with Crippen molar-refractivity contribution >= 4 is 11.7 Å². The van der Waals surface area contributed by atoms with Crippen LogP contribution in [-0.2, 0) is 4.79 Å². The van der Waals surface area contributed by atoms with Crippen molar-refractivity contribution in [1.29, 1.82) is 0 Å². The number of carbonyl (C=O) groups excluding carboxylic acids is 2. The van der Waals surface area contributed by atoms with Gasteiger partial charge >= 0.3 is 0 Å². The highest BCUT2D eigenvalue weighted by Gasteiger charge is 2.31. The van der Waals surface area contributed by atoms with Crippen molar-refractivity contribution < 1.29 is 33.0 Å². The summed E-state index contributed by atoms with van der Waals surface area (Å²) in [4.78, 5) is 28.2. The molecule has 0 aromatic heterocycles. The van der Waals surface area contributed by atoms with Gasteiger partial charge in [0.25, 0.3) is 5.91 Å². The third kappa shape index (κ3) is 5.94. The number of aryl methyl sites for hydroxylation is 1. The van der Waals surface area contributed by atoms with E-state index in [1.54, 1.807) is 37.3 Å². The summed E-state index contributed by atoms with van der Waals surface area (Å²) in [6, 6.07) is 12.8. The number of halogens is 2. The maximum atomic E-state index is 14.7. The van der Waals surface area contributed by atoms with Crippen LogP contribution in [0.1, 0.15) is 40.4 Å². The van der Waals surface area contributed by atoms with Crippen LogP contribution in [0.25, 0.3) is 11.1 Å². The Labute approximate surface area is 225 Å². The number of nitrogens with zero attached hydrogens (tertiary/aromatic N) is 1. The number of nitrogens with one attached hydrogen (secondary N) is 1. The monoisotopic (exact) mass is 536 g/mol. The molecule has 0 spiro atoms. The van der Waals surface area contributed by atoms with E-state index in [4.69, 9.17) is 9.47 Å². The molecule has 3 aromatic rings. The van der Waals surface area contributed by atoms with E-state index in [1.807, 2.05) is 0 Å². The number of rotatable bonds is 8. The molecule has 1 amide bonds. The van der Waals surface area contributed by atoms with Gasteiger partial charge in [-0.3, -0.25) is 9.59 Å². The summed E-state index contributed by atoms with van der Waals surface area (Å²) < 4.78 is 39.0. The van der Waals surface area contributed by atoms with Crippen molar-refractivity contribution in [1.82, 2.24) is 10.2 Å². The average molecular weight is 537 g/mol. The fourth-order valence-electron chi connectivity index (χ4n) is 5.12. The largest absolute Gasteiger partial charge is 0.486 e. The molecule has 1 saturated heterocycles. The highest BCUT2D eigenvalue weighted by atomic mass is 19.1. The molecule has 2 heterocycles. The number of hydrogen-bond donors (Lipinski definition) is 2. The lowest BCUT2D eigenvalue weighted by Crippen LogP contribution is -2.48. The average Bonchev–Trinajstić information content (AvgIpc) is 3.45. The number of hydrogen-bond acceptors (Lipinski definition) is 6. The number of Topliss-reactive ketones (excluding diaryl/α,β-unsaturated/α-hetero) is 1. The predicted molar refractivity (Wildman–Crippen MR) is 141 cm³/mol. The standard InChI is InChI=1S/C30H30F2N2O5/c1-18-14-22(31)8-9-23(18)19-4-6-20(7-5-19)28(36)30(37)33-25(17-34-10-2-3-11-34)27(35)21-15-24(32)29-26(16-21)38-12-13-39-29/h4-9,14-16,25,27,35H,2-3,10-13,17H2,1H3,(H,33,37). The Morgan fingerprint density at radius 2 is 1.72 bits per heavy atom. The van der Waals surface area contributed by atoms with E-state index in [9.17, 15) is 23.5 Å². The zero-order valence-electron chi connectivity index (χ0n) is 21.6. The van der Waals surface area contributed by atoms with Gasteiger partial charge < -0.3 is 24.8 Å². The Morgan fingerprint density at radius 3 is 2.44 bits per heavy atom. The molecular weight excluding hydrogens is 506 g/mol. The molecule has 2 N–H and O–H groups in total. The first-order valence-electron chi connectivity index (χ1n) is 13.0. The van der Waals surface area contributed by atoms with Gasteiger partial charge in [0, 0.05) is 12.1 Å². The van der Waals surface area contributed by atoms with Gasteiger partial charge in [-0.15, -0.1) is 0 Å². The first-order valence-corrected chi connectivity index (χ1v) is 13.0. The number of amides is 1. The Bertz CT molecular complexity index is 1370. The second kappa shape index (κ2) is 11.5. The number of benzene rings is 3. The smallest absolute Gasteiger partial charge is 0.292 e. The summed E-state index contributed by atoms with van der Waals surface area (Å²) in [5, 5.41) is 13.9. The topological polar surface area (TPSA) is 88.1 Å². The van der Waals surface area contributed by atoms with Gasteiger partial charge in [0.15, 0.2) is 17.3 Å². The molecule has 204 valence electrons. The lowest BCUT2D eigenvalue weighted by Gasteiger charge is -2.29. The van der Waals surface area contributed by atoms with Gasteiger partial charge in [-0.05, 0) is 79.4 Å². The number of fused-ring (bicyclic) bond motifs is 1. The third-order valence-corrected chi connectivity index (χ3v) is 7.16. The summed E-state index contributed by atoms with van der Waals surface area (Å²) in [5.74, 6) is -2.45. The molecule has 0 bridgehead atoms. The van der Waals surface area contributed by atoms with Crippen LogP contribution in [0, 0.1) is 18.6 Å². The fourth-order valence-corrected chi connectivity index (χ4v) is 5.12. The maximum Gasteiger partial charge on any atom is 0.292 e. The summed E-state index contributed by atoms with van der Waals surface area (Å²) in [5.41, 5.74) is 2.75. The van der Waals surface area contributed by atoms with E-state index in [0.29, 0.717) is 6.54 Å². The second-order valence-electron chi connectivity index (χ2n) is 9.93. The molecule has 5 rings (SSSR count). The van der Waals surface area contributed by atoms with Gasteiger partial charge in [0.1, 0.15) is 25.1 Å². The number of likely N-dealkylation sites (tertiary alicyclic amines) is 1. The van der Waals surface area contributed by atoms with E-state index in [0.717, 1.165) is 42.6 Å². The van der Waals surface area contributed by atoms with Crippen LogP contribution in [-0.4, -0.2) is 60.6 Å². The predicted octanol–water partition coefficient (Wildman–Crippen LogP) is 4.21. The van der Waals surface area contributed by atoms with E-state index in [1.165, 1.54) is 24.3 Å². The van der Waals surface area contributed by atoms with Crippen molar-refractivity contribution in [2.45, 2.75) is 31.9 Å². The maximum absolute atomic E-state index is 14.7. The van der Waals surface area contributed by atoms with Crippen LogP contribution in [0.4, 0.5) is 8.78 Å². The van der Waals surface area contributed by atoms with Gasteiger partial charge in [0.2, 0.25) is 5.78 Å². The Kier molecular flexibility index (Phi) is 7.90. The lowest BCUT2D eigenvalue weighted by molar-refractivity contribution is -0.118. The highest BCUT2D eigenvalue weighted by molar-refractivity contribution is 6.42. The number of ketones is 1. The van der Waals surface area contributed by atoms with Crippen LogP contribution in [0.3, 0.4) is 0 Å². The van der Waals surface area contributed by atoms with Crippen LogP contribution in [0.15, 0.2) is 54.6 Å². The number of carbonyl (C=O) groups is 2. The first-order chi connectivity index (χ1) is 18.8. The second-order valence-corrected chi connectivity index (χ2v) is 9.93. The molecule has 2 aliphatic heterocycles. The lowest BCUT2D eigenvalue weighted by atomic mass is 9.98. The molecule has 2 atom stereocenters. The Hall–Kier alpha value is -3.82. The molecule has 3 aromatic carbocycles. The van der Waals surface area contributed by atoms with Gasteiger partial charge in [-0.25, -0.2) is 8.78 Å². The molecule has 1 fully saturated rings. The highest BCUT2D eigenvalue weighted by Crippen LogP contribution is 2.36. The van der Waals surface area contributed by atoms with E-state index >= 15 is 0 Å². The van der Waals surface area contributed by atoms with Crippen LogP contribution < -0.4 is 14.8 Å². The summed E-state index contributed by atoms with van der Waals surface area (Å²) in [7, 11) is 0. The third-order valence-electron chi connectivity index (χ3n) is 7.16. The Balaban J connectivity index is 1.34. The molecule has 0 radical (unpaired) electrons.